The van der Waals surface area contributed by atoms with Gasteiger partial charge in [-0.3, -0.25) is 0 Å². The van der Waals surface area contributed by atoms with Crippen molar-refractivity contribution in [2.24, 2.45) is 0 Å². The van der Waals surface area contributed by atoms with Crippen LogP contribution in [0.25, 0.3) is 11.0 Å². The topological polar surface area (TPSA) is 40.7 Å². The Morgan fingerprint density at radius 3 is 3.05 bits per heavy atom. The maximum Gasteiger partial charge on any atom is 0.138 e. The molecule has 0 unspecified atom stereocenters. The Morgan fingerprint density at radius 2 is 2.20 bits per heavy atom. The zero-order valence-corrected chi connectivity index (χ0v) is 11.3. The summed E-state index contributed by atoms with van der Waals surface area (Å²) in [6.07, 6.45) is 11.0. The van der Waals surface area contributed by atoms with E-state index >= 15 is 0 Å². The van der Waals surface area contributed by atoms with E-state index in [9.17, 15) is 0 Å². The lowest BCUT2D eigenvalue weighted by Crippen LogP contribution is -2.01. The van der Waals surface area contributed by atoms with Crippen LogP contribution < -0.4 is 5.32 Å². The lowest BCUT2D eigenvalue weighted by atomic mass is 10.2. The number of allylic oxidation sites excluding steroid dienone is 5. The first-order valence-corrected chi connectivity index (χ1v) is 6.57. The first-order chi connectivity index (χ1) is 9.85. The highest BCUT2D eigenvalue weighted by atomic mass is 14.8. The molecular weight excluding hydrogens is 246 g/mol. The van der Waals surface area contributed by atoms with Crippen LogP contribution in [0.1, 0.15) is 12.1 Å². The van der Waals surface area contributed by atoms with Crippen molar-refractivity contribution < 1.29 is 0 Å². The molecule has 2 aromatic rings. The van der Waals surface area contributed by atoms with Gasteiger partial charge in [-0.1, -0.05) is 18.1 Å². The molecule has 0 aliphatic heterocycles. The molecule has 2 aromatic heterocycles. The van der Waals surface area contributed by atoms with Crippen molar-refractivity contribution in [1.29, 1.82) is 0 Å². The van der Waals surface area contributed by atoms with Crippen LogP contribution in [-0.2, 0) is 0 Å². The fourth-order valence-corrected chi connectivity index (χ4v) is 2.07. The summed E-state index contributed by atoms with van der Waals surface area (Å²) in [4.78, 5) is 7.47. The third-order valence-corrected chi connectivity index (χ3v) is 3.14. The first kappa shape index (κ1) is 12.3. The summed E-state index contributed by atoms with van der Waals surface area (Å²) in [6, 6.07) is 5.97. The van der Waals surface area contributed by atoms with Gasteiger partial charge in [0, 0.05) is 29.9 Å². The lowest BCUT2D eigenvalue weighted by molar-refractivity contribution is 1.02. The highest BCUT2D eigenvalue weighted by Gasteiger charge is 1.98. The van der Waals surface area contributed by atoms with Crippen LogP contribution in [-0.4, -0.2) is 17.0 Å². The van der Waals surface area contributed by atoms with Crippen LogP contribution in [0, 0.1) is 11.8 Å². The highest BCUT2D eigenvalue weighted by molar-refractivity contribution is 5.77. The number of aromatic nitrogens is 2. The van der Waals surface area contributed by atoms with Gasteiger partial charge in [0.15, 0.2) is 0 Å². The van der Waals surface area contributed by atoms with Crippen molar-refractivity contribution in [3.05, 3.63) is 65.7 Å². The lowest BCUT2D eigenvalue weighted by Gasteiger charge is -1.95. The van der Waals surface area contributed by atoms with Gasteiger partial charge in [0.05, 0.1) is 5.69 Å². The van der Waals surface area contributed by atoms with E-state index in [0.717, 1.165) is 34.4 Å². The van der Waals surface area contributed by atoms with Crippen molar-refractivity contribution in [3.8, 4) is 11.8 Å². The summed E-state index contributed by atoms with van der Waals surface area (Å²) in [5.41, 5.74) is 3.91. The maximum absolute atomic E-state index is 4.26. The molecular formula is C17H15N3. The van der Waals surface area contributed by atoms with Crippen molar-refractivity contribution in [2.45, 2.75) is 6.42 Å². The van der Waals surface area contributed by atoms with Crippen LogP contribution in [0.15, 0.2) is 60.0 Å². The zero-order valence-electron chi connectivity index (χ0n) is 11.3. The predicted octanol–water partition coefficient (Wildman–Crippen LogP) is 2.90. The number of nitrogens with one attached hydrogen (secondary N) is 2. The molecule has 3 heteroatoms. The molecule has 3 rings (SSSR count). The van der Waals surface area contributed by atoms with Gasteiger partial charge in [-0.2, -0.15) is 0 Å². The predicted molar refractivity (Wildman–Crippen MR) is 82.0 cm³/mol. The number of hydrogen-bond acceptors (Lipinski definition) is 2. The zero-order chi connectivity index (χ0) is 13.8. The molecule has 0 atom stereocenters. The number of aromatic amines is 1. The van der Waals surface area contributed by atoms with E-state index in [1.165, 1.54) is 0 Å². The average molecular weight is 261 g/mol. The molecule has 0 radical (unpaired) electrons. The van der Waals surface area contributed by atoms with E-state index in [4.69, 9.17) is 0 Å². The Bertz CT molecular complexity index is 746. The van der Waals surface area contributed by atoms with Gasteiger partial charge in [-0.15, -0.1) is 0 Å². The minimum absolute atomic E-state index is 0.876. The number of rotatable bonds is 1. The number of H-pyrrole nitrogens is 1. The quantitative estimate of drug-likeness (QED) is 0.775. The first-order valence-electron chi connectivity index (χ1n) is 6.57. The van der Waals surface area contributed by atoms with Gasteiger partial charge < -0.3 is 10.3 Å². The van der Waals surface area contributed by atoms with E-state index in [1.54, 1.807) is 6.20 Å². The molecule has 0 bridgehead atoms. The fraction of sp³-hybridized carbons (Fsp3) is 0.118. The minimum atomic E-state index is 0.876. The SMILES string of the molecule is CNC1=CCC=C(C#Cc2cc3cccnc3[nH]2)C=C1. The van der Waals surface area contributed by atoms with Crippen LogP contribution in [0.5, 0.6) is 0 Å². The molecule has 0 spiro atoms. The Hall–Kier alpha value is -2.73. The monoisotopic (exact) mass is 261 g/mol. The summed E-state index contributed by atoms with van der Waals surface area (Å²) < 4.78 is 0. The van der Waals surface area contributed by atoms with Crippen LogP contribution in [0.2, 0.25) is 0 Å². The Balaban J connectivity index is 1.83. The maximum atomic E-state index is 4.26. The second-order valence-corrected chi connectivity index (χ2v) is 4.51. The molecule has 20 heavy (non-hydrogen) atoms. The summed E-state index contributed by atoms with van der Waals surface area (Å²) in [5, 5.41) is 4.22. The summed E-state index contributed by atoms with van der Waals surface area (Å²) in [5.74, 6) is 6.34. The molecule has 98 valence electrons. The number of likely N-dealkylation sites (N-methyl/N-ethyl adjacent to an activating group) is 1. The van der Waals surface area contributed by atoms with Crippen molar-refractivity contribution in [1.82, 2.24) is 15.3 Å². The average Bonchev–Trinajstić information content (AvgIpc) is 2.75. The minimum Gasteiger partial charge on any atom is -0.388 e. The fourth-order valence-electron chi connectivity index (χ4n) is 2.07. The third-order valence-electron chi connectivity index (χ3n) is 3.14. The molecule has 1 aliphatic carbocycles. The van der Waals surface area contributed by atoms with Gasteiger partial charge >= 0.3 is 0 Å². The summed E-state index contributed by atoms with van der Waals surface area (Å²) in [6.45, 7) is 0. The van der Waals surface area contributed by atoms with Gasteiger partial charge in [0.1, 0.15) is 5.65 Å². The molecule has 2 heterocycles. The second kappa shape index (κ2) is 5.50. The molecule has 2 N–H and O–H groups in total. The van der Waals surface area contributed by atoms with Gasteiger partial charge in [0.2, 0.25) is 0 Å². The van der Waals surface area contributed by atoms with E-state index in [2.05, 4.69) is 39.3 Å². The van der Waals surface area contributed by atoms with Gasteiger partial charge in [0.25, 0.3) is 0 Å². The normalized spacial score (nSPS) is 14.1. The number of nitrogens with zero attached hydrogens (tertiary/aromatic N) is 1. The van der Waals surface area contributed by atoms with Gasteiger partial charge in [-0.05, 0) is 42.7 Å². The smallest absolute Gasteiger partial charge is 0.138 e. The van der Waals surface area contributed by atoms with Crippen molar-refractivity contribution >= 4 is 11.0 Å². The van der Waals surface area contributed by atoms with Gasteiger partial charge in [-0.25, -0.2) is 4.98 Å². The van der Waals surface area contributed by atoms with Crippen molar-refractivity contribution in [2.75, 3.05) is 7.05 Å². The standard InChI is InChI=1S/C17H15N3/c1-18-15-6-2-4-13(7-9-15)8-10-16-12-14-5-3-11-19-17(14)20-16/h3-7,9,11-12,18H,2H2,1H3,(H,19,20). The van der Waals surface area contributed by atoms with Crippen molar-refractivity contribution in [3.63, 3.8) is 0 Å². The molecule has 0 fully saturated rings. The molecule has 0 saturated heterocycles. The third kappa shape index (κ3) is 2.65. The molecule has 0 saturated carbocycles. The Labute approximate surface area is 118 Å². The summed E-state index contributed by atoms with van der Waals surface area (Å²) >= 11 is 0. The van der Waals surface area contributed by atoms with E-state index in [1.807, 2.05) is 37.4 Å². The second-order valence-electron chi connectivity index (χ2n) is 4.51. The van der Waals surface area contributed by atoms with E-state index in [0.29, 0.717) is 0 Å². The van der Waals surface area contributed by atoms with E-state index in [-0.39, 0.29) is 0 Å². The molecule has 0 amide bonds. The molecule has 1 aliphatic rings. The number of fused-ring (bicyclic) bond motifs is 1. The molecule has 0 aromatic carbocycles. The Kier molecular flexibility index (Phi) is 3.38. The largest absolute Gasteiger partial charge is 0.388 e. The van der Waals surface area contributed by atoms with Crippen LogP contribution >= 0.6 is 0 Å². The number of hydrogen-bond donors (Lipinski definition) is 2. The molecule has 3 nitrogen and oxygen atoms in total. The number of pyridine rings is 1. The highest BCUT2D eigenvalue weighted by Crippen LogP contribution is 2.12. The van der Waals surface area contributed by atoms with Crippen LogP contribution in [0.4, 0.5) is 0 Å². The Morgan fingerprint density at radius 1 is 1.25 bits per heavy atom. The van der Waals surface area contributed by atoms with Crippen LogP contribution in [0.3, 0.4) is 0 Å². The van der Waals surface area contributed by atoms with E-state index < -0.39 is 0 Å². The summed E-state index contributed by atoms with van der Waals surface area (Å²) in [7, 11) is 1.92.